The van der Waals surface area contributed by atoms with Crippen LogP contribution >= 0.6 is 11.8 Å². The first-order valence-corrected chi connectivity index (χ1v) is 13.8. The maximum atomic E-state index is 12.6. The van der Waals surface area contributed by atoms with E-state index in [2.05, 4.69) is 15.8 Å². The van der Waals surface area contributed by atoms with Crippen molar-refractivity contribution in [2.45, 2.75) is 25.8 Å². The van der Waals surface area contributed by atoms with E-state index in [0.29, 0.717) is 36.1 Å². The Hall–Kier alpha value is -4.11. The molecule has 1 atom stereocenters. The highest BCUT2D eigenvalue weighted by atomic mass is 32.2. The number of rotatable bonds is 11. The van der Waals surface area contributed by atoms with Crippen molar-refractivity contribution in [2.75, 3.05) is 18.9 Å². The molecule has 0 aliphatic carbocycles. The summed E-state index contributed by atoms with van der Waals surface area (Å²) in [6.07, 6.45) is 1.54. The molecule has 0 radical (unpaired) electrons. The standard InChI is InChI=1S/C30H32N4O4S/c1-21(2)16-31-27(35)19-38-26-14-8-22(9-15-26)17-32-33-29(37)24-10-12-25(13-11-24)30-34(28(36)20-39-30)18-23-6-4-3-5-7-23/h3-15,17,21,30H,16,18-20H2,1-2H3,(H,31,35)(H,33,37)/b32-17+. The summed E-state index contributed by atoms with van der Waals surface area (Å²) in [6.45, 7) is 5.17. The summed E-state index contributed by atoms with van der Waals surface area (Å²) < 4.78 is 5.49. The van der Waals surface area contributed by atoms with Crippen molar-refractivity contribution >= 4 is 35.7 Å². The number of benzene rings is 3. The molecule has 1 fully saturated rings. The van der Waals surface area contributed by atoms with Crippen LogP contribution in [0.25, 0.3) is 0 Å². The molecule has 0 bridgehead atoms. The molecule has 202 valence electrons. The Morgan fingerprint density at radius 3 is 2.46 bits per heavy atom. The zero-order chi connectivity index (χ0) is 27.6. The van der Waals surface area contributed by atoms with Gasteiger partial charge >= 0.3 is 0 Å². The van der Waals surface area contributed by atoms with Gasteiger partial charge in [-0.3, -0.25) is 14.4 Å². The predicted octanol–water partition coefficient (Wildman–Crippen LogP) is 4.38. The summed E-state index contributed by atoms with van der Waals surface area (Å²) in [5.41, 5.74) is 5.83. The highest BCUT2D eigenvalue weighted by Gasteiger charge is 2.32. The molecule has 3 aromatic rings. The fourth-order valence-electron chi connectivity index (χ4n) is 3.88. The molecule has 1 heterocycles. The lowest BCUT2D eigenvalue weighted by Crippen LogP contribution is -2.31. The third kappa shape index (κ3) is 8.19. The largest absolute Gasteiger partial charge is 0.484 e. The fraction of sp³-hybridized carbons (Fsp3) is 0.267. The molecule has 3 amide bonds. The molecule has 0 saturated carbocycles. The number of nitrogens with one attached hydrogen (secondary N) is 2. The molecule has 1 aliphatic rings. The maximum absolute atomic E-state index is 12.6. The normalized spacial score (nSPS) is 15.1. The van der Waals surface area contributed by atoms with Crippen molar-refractivity contribution in [1.29, 1.82) is 0 Å². The molecular weight excluding hydrogens is 512 g/mol. The molecule has 1 aliphatic heterocycles. The first kappa shape index (κ1) is 27.9. The minimum absolute atomic E-state index is 0.0458. The van der Waals surface area contributed by atoms with Crippen LogP contribution < -0.4 is 15.5 Å². The molecule has 1 saturated heterocycles. The lowest BCUT2D eigenvalue weighted by molar-refractivity contribution is -0.128. The quantitative estimate of drug-likeness (QED) is 0.276. The Morgan fingerprint density at radius 1 is 1.05 bits per heavy atom. The van der Waals surface area contributed by atoms with Crippen molar-refractivity contribution in [3.63, 3.8) is 0 Å². The van der Waals surface area contributed by atoms with Crippen LogP contribution in [-0.2, 0) is 16.1 Å². The molecule has 0 aromatic heterocycles. The smallest absolute Gasteiger partial charge is 0.271 e. The number of ether oxygens (including phenoxy) is 1. The first-order valence-electron chi connectivity index (χ1n) is 12.8. The number of carbonyl (C=O) groups excluding carboxylic acids is 3. The van der Waals surface area contributed by atoms with E-state index in [4.69, 9.17) is 4.74 Å². The lowest BCUT2D eigenvalue weighted by Gasteiger charge is -2.24. The summed E-state index contributed by atoms with van der Waals surface area (Å²) in [7, 11) is 0. The van der Waals surface area contributed by atoms with E-state index in [-0.39, 0.29) is 29.7 Å². The third-order valence-electron chi connectivity index (χ3n) is 5.96. The Morgan fingerprint density at radius 2 is 1.77 bits per heavy atom. The lowest BCUT2D eigenvalue weighted by atomic mass is 10.1. The Bertz CT molecular complexity index is 1290. The second-order valence-corrected chi connectivity index (χ2v) is 10.6. The summed E-state index contributed by atoms with van der Waals surface area (Å²) in [6, 6.07) is 24.2. The molecular formula is C30H32N4O4S. The SMILES string of the molecule is CC(C)CNC(=O)COc1ccc(/C=N/NC(=O)c2ccc(C3SCC(=O)N3Cc3ccccc3)cc2)cc1. The van der Waals surface area contributed by atoms with Crippen molar-refractivity contribution in [3.05, 3.63) is 101 Å². The average Bonchev–Trinajstić information content (AvgIpc) is 3.31. The first-order chi connectivity index (χ1) is 18.9. The molecule has 4 rings (SSSR count). The van der Waals surface area contributed by atoms with Gasteiger partial charge in [0, 0.05) is 18.7 Å². The Balaban J connectivity index is 1.27. The molecule has 0 spiro atoms. The van der Waals surface area contributed by atoms with E-state index in [1.807, 2.05) is 61.2 Å². The Labute approximate surface area is 232 Å². The highest BCUT2D eigenvalue weighted by Crippen LogP contribution is 2.39. The van der Waals surface area contributed by atoms with Crippen LogP contribution in [0.5, 0.6) is 5.75 Å². The zero-order valence-electron chi connectivity index (χ0n) is 22.0. The van der Waals surface area contributed by atoms with Crippen LogP contribution in [0.15, 0.2) is 84.0 Å². The van der Waals surface area contributed by atoms with E-state index >= 15 is 0 Å². The number of carbonyl (C=O) groups is 3. The number of hydrogen-bond acceptors (Lipinski definition) is 6. The maximum Gasteiger partial charge on any atom is 0.271 e. The number of hydrazone groups is 1. The van der Waals surface area contributed by atoms with Crippen molar-refractivity contribution in [1.82, 2.24) is 15.6 Å². The van der Waals surface area contributed by atoms with Gasteiger partial charge < -0.3 is 15.0 Å². The van der Waals surface area contributed by atoms with E-state index in [1.54, 1.807) is 48.2 Å². The number of nitrogens with zero attached hydrogens (tertiary/aromatic N) is 2. The molecule has 2 N–H and O–H groups in total. The van der Waals surface area contributed by atoms with Gasteiger partial charge in [0.25, 0.3) is 11.8 Å². The number of hydrogen-bond donors (Lipinski definition) is 2. The van der Waals surface area contributed by atoms with Gasteiger partial charge in [-0.05, 0) is 59.0 Å². The highest BCUT2D eigenvalue weighted by molar-refractivity contribution is 8.00. The van der Waals surface area contributed by atoms with Gasteiger partial charge in [-0.2, -0.15) is 5.10 Å². The molecule has 3 aromatic carbocycles. The van der Waals surface area contributed by atoms with Gasteiger partial charge in [0.05, 0.1) is 12.0 Å². The van der Waals surface area contributed by atoms with Gasteiger partial charge in [-0.15, -0.1) is 11.8 Å². The fourth-order valence-corrected chi connectivity index (χ4v) is 5.07. The molecule has 1 unspecified atom stereocenters. The summed E-state index contributed by atoms with van der Waals surface area (Å²) in [4.78, 5) is 38.7. The van der Waals surface area contributed by atoms with Crippen molar-refractivity contribution < 1.29 is 19.1 Å². The van der Waals surface area contributed by atoms with Crippen LogP contribution in [0.3, 0.4) is 0 Å². The van der Waals surface area contributed by atoms with Crippen LogP contribution in [0.1, 0.15) is 46.3 Å². The van der Waals surface area contributed by atoms with E-state index in [9.17, 15) is 14.4 Å². The minimum atomic E-state index is -0.332. The second kappa shape index (κ2) is 13.6. The van der Waals surface area contributed by atoms with Gasteiger partial charge in [0.1, 0.15) is 11.1 Å². The van der Waals surface area contributed by atoms with E-state index < -0.39 is 0 Å². The second-order valence-electron chi connectivity index (χ2n) is 9.55. The van der Waals surface area contributed by atoms with Gasteiger partial charge in [-0.1, -0.05) is 56.3 Å². The van der Waals surface area contributed by atoms with Crippen LogP contribution in [0.2, 0.25) is 0 Å². The van der Waals surface area contributed by atoms with Crippen LogP contribution in [0.4, 0.5) is 0 Å². The molecule has 8 nitrogen and oxygen atoms in total. The summed E-state index contributed by atoms with van der Waals surface area (Å²) >= 11 is 1.59. The molecule has 39 heavy (non-hydrogen) atoms. The third-order valence-corrected chi connectivity index (χ3v) is 7.22. The monoisotopic (exact) mass is 544 g/mol. The van der Waals surface area contributed by atoms with Crippen LogP contribution in [0, 0.1) is 5.92 Å². The minimum Gasteiger partial charge on any atom is -0.484 e. The number of thioether (sulfide) groups is 1. The zero-order valence-corrected chi connectivity index (χ0v) is 22.8. The van der Waals surface area contributed by atoms with Gasteiger partial charge in [0.15, 0.2) is 6.61 Å². The number of amides is 3. The Kier molecular flexibility index (Phi) is 9.74. The molecule has 9 heteroatoms. The topological polar surface area (TPSA) is 100 Å². The van der Waals surface area contributed by atoms with Gasteiger partial charge in [-0.25, -0.2) is 5.43 Å². The van der Waals surface area contributed by atoms with E-state index in [1.165, 1.54) is 6.21 Å². The predicted molar refractivity (Wildman–Crippen MR) is 153 cm³/mol. The van der Waals surface area contributed by atoms with Gasteiger partial charge in [0.2, 0.25) is 5.91 Å². The van der Waals surface area contributed by atoms with Crippen LogP contribution in [-0.4, -0.2) is 47.7 Å². The summed E-state index contributed by atoms with van der Waals surface area (Å²) in [5, 5.41) is 6.76. The average molecular weight is 545 g/mol. The summed E-state index contributed by atoms with van der Waals surface area (Å²) in [5.74, 6) is 1.00. The van der Waals surface area contributed by atoms with Crippen molar-refractivity contribution in [2.24, 2.45) is 11.0 Å². The van der Waals surface area contributed by atoms with Crippen molar-refractivity contribution in [3.8, 4) is 5.75 Å². The van der Waals surface area contributed by atoms with E-state index in [0.717, 1.165) is 16.7 Å².